The molecule has 0 spiro atoms. The number of ether oxygens (including phenoxy) is 1. The van der Waals surface area contributed by atoms with Gasteiger partial charge in [-0.3, -0.25) is 0 Å². The van der Waals surface area contributed by atoms with Crippen LogP contribution in [0.5, 0.6) is 0 Å². The Balaban J connectivity index is 2.29. The van der Waals surface area contributed by atoms with Crippen molar-refractivity contribution in [3.8, 4) is 0 Å². The van der Waals surface area contributed by atoms with Crippen LogP contribution in [0.25, 0.3) is 0 Å². The summed E-state index contributed by atoms with van der Waals surface area (Å²) in [6.45, 7) is 6.76. The minimum atomic E-state index is 0.604. The van der Waals surface area contributed by atoms with Crippen molar-refractivity contribution in [2.24, 2.45) is 5.92 Å². The number of nitrogens with one attached hydrogen (secondary N) is 1. The molecule has 0 aliphatic heterocycles. The van der Waals surface area contributed by atoms with Crippen LogP contribution in [0, 0.1) is 5.92 Å². The maximum atomic E-state index is 5.52. The molecule has 0 amide bonds. The van der Waals surface area contributed by atoms with Gasteiger partial charge in [0.2, 0.25) is 0 Å². The summed E-state index contributed by atoms with van der Waals surface area (Å²) in [7, 11) is 4.09. The highest BCUT2D eigenvalue weighted by Gasteiger charge is 1.97. The summed E-state index contributed by atoms with van der Waals surface area (Å²) >= 11 is 0. The first-order chi connectivity index (χ1) is 8.09. The lowest BCUT2D eigenvalue weighted by Crippen LogP contribution is -2.13. The summed E-state index contributed by atoms with van der Waals surface area (Å²) in [4.78, 5) is 2.10. The van der Waals surface area contributed by atoms with Crippen LogP contribution in [0.1, 0.15) is 13.8 Å². The van der Waals surface area contributed by atoms with Crippen LogP contribution in [0.2, 0.25) is 0 Å². The predicted molar refractivity (Wildman–Crippen MR) is 74.9 cm³/mol. The molecule has 0 saturated heterocycles. The van der Waals surface area contributed by atoms with E-state index in [4.69, 9.17) is 4.74 Å². The Hall–Kier alpha value is -1.22. The van der Waals surface area contributed by atoms with Gasteiger partial charge in [0.05, 0.1) is 6.61 Å². The fourth-order valence-electron chi connectivity index (χ4n) is 1.48. The van der Waals surface area contributed by atoms with Gasteiger partial charge in [-0.1, -0.05) is 19.9 Å². The van der Waals surface area contributed by atoms with Crippen LogP contribution < -0.4 is 10.2 Å². The highest BCUT2D eigenvalue weighted by Crippen LogP contribution is 2.16. The first kappa shape index (κ1) is 13.8. The maximum Gasteiger partial charge on any atom is 0.0639 e. The topological polar surface area (TPSA) is 24.5 Å². The highest BCUT2D eigenvalue weighted by molar-refractivity contribution is 5.57. The lowest BCUT2D eigenvalue weighted by Gasteiger charge is -2.14. The van der Waals surface area contributed by atoms with Gasteiger partial charge in [0.1, 0.15) is 0 Å². The Bertz CT molecular complexity index is 324. The van der Waals surface area contributed by atoms with Crippen LogP contribution in [0.4, 0.5) is 11.4 Å². The minimum absolute atomic E-state index is 0.604. The standard InChI is InChI=1S/C14H24N2O/c1-12(2)11-17-9-8-15-13-6-5-7-14(10-13)16(3)4/h5-7,10,12,15H,8-9,11H2,1-4H3. The molecule has 0 atom stereocenters. The second-order valence-electron chi connectivity index (χ2n) is 4.84. The molecule has 0 aliphatic rings. The second-order valence-corrected chi connectivity index (χ2v) is 4.84. The van der Waals surface area contributed by atoms with E-state index in [-0.39, 0.29) is 0 Å². The lowest BCUT2D eigenvalue weighted by atomic mass is 10.2. The maximum absolute atomic E-state index is 5.52. The number of hydrogen-bond donors (Lipinski definition) is 1. The zero-order chi connectivity index (χ0) is 12.7. The second kappa shape index (κ2) is 7.17. The zero-order valence-corrected chi connectivity index (χ0v) is 11.4. The molecule has 0 saturated carbocycles. The minimum Gasteiger partial charge on any atom is -0.383 e. The average molecular weight is 236 g/mol. The molecule has 0 bridgehead atoms. The number of benzene rings is 1. The molecule has 17 heavy (non-hydrogen) atoms. The number of anilines is 2. The van der Waals surface area contributed by atoms with Gasteiger partial charge >= 0.3 is 0 Å². The summed E-state index contributed by atoms with van der Waals surface area (Å²) < 4.78 is 5.52. The van der Waals surface area contributed by atoms with E-state index in [0.717, 1.165) is 25.4 Å². The molecule has 0 heterocycles. The molecule has 0 radical (unpaired) electrons. The van der Waals surface area contributed by atoms with Crippen LogP contribution in [0.3, 0.4) is 0 Å². The molecule has 0 aromatic heterocycles. The van der Waals surface area contributed by atoms with E-state index in [9.17, 15) is 0 Å². The van der Waals surface area contributed by atoms with Crippen molar-refractivity contribution in [3.63, 3.8) is 0 Å². The van der Waals surface area contributed by atoms with Crippen LogP contribution >= 0.6 is 0 Å². The summed E-state index contributed by atoms with van der Waals surface area (Å²) in [5, 5.41) is 3.36. The largest absolute Gasteiger partial charge is 0.383 e. The van der Waals surface area contributed by atoms with E-state index in [2.05, 4.69) is 48.3 Å². The third-order valence-corrected chi connectivity index (χ3v) is 2.39. The van der Waals surface area contributed by atoms with Gasteiger partial charge in [-0.05, 0) is 24.1 Å². The molecule has 1 aromatic carbocycles. The van der Waals surface area contributed by atoms with Gasteiger partial charge in [0, 0.05) is 38.6 Å². The molecule has 3 nitrogen and oxygen atoms in total. The van der Waals surface area contributed by atoms with Crippen molar-refractivity contribution in [1.29, 1.82) is 0 Å². The smallest absolute Gasteiger partial charge is 0.0639 e. The molecular formula is C14H24N2O. The van der Waals surface area contributed by atoms with Gasteiger partial charge in [-0.25, -0.2) is 0 Å². The number of nitrogens with zero attached hydrogens (tertiary/aromatic N) is 1. The SMILES string of the molecule is CC(C)COCCNc1cccc(N(C)C)c1. The van der Waals surface area contributed by atoms with Gasteiger partial charge in [0.15, 0.2) is 0 Å². The highest BCUT2D eigenvalue weighted by atomic mass is 16.5. The van der Waals surface area contributed by atoms with Crippen molar-refractivity contribution in [2.75, 3.05) is 44.1 Å². The fraction of sp³-hybridized carbons (Fsp3) is 0.571. The molecule has 1 rings (SSSR count). The van der Waals surface area contributed by atoms with Crippen molar-refractivity contribution < 1.29 is 4.74 Å². The molecule has 1 aromatic rings. The Kier molecular flexibility index (Phi) is 5.84. The fourth-order valence-corrected chi connectivity index (χ4v) is 1.48. The molecule has 3 heteroatoms. The van der Waals surface area contributed by atoms with Crippen LogP contribution in [-0.4, -0.2) is 33.9 Å². The van der Waals surface area contributed by atoms with E-state index < -0.39 is 0 Å². The normalized spacial score (nSPS) is 10.6. The van der Waals surface area contributed by atoms with Crippen molar-refractivity contribution in [1.82, 2.24) is 0 Å². The lowest BCUT2D eigenvalue weighted by molar-refractivity contribution is 0.118. The van der Waals surface area contributed by atoms with Crippen LogP contribution in [0.15, 0.2) is 24.3 Å². The molecule has 96 valence electrons. The summed E-state index contributed by atoms with van der Waals surface area (Å²) in [6, 6.07) is 8.38. The Morgan fingerprint density at radius 2 is 2.06 bits per heavy atom. The third-order valence-electron chi connectivity index (χ3n) is 2.39. The number of hydrogen-bond acceptors (Lipinski definition) is 3. The van der Waals surface area contributed by atoms with Gasteiger partial charge in [-0.2, -0.15) is 0 Å². The molecule has 0 fully saturated rings. The van der Waals surface area contributed by atoms with Crippen molar-refractivity contribution in [2.45, 2.75) is 13.8 Å². The van der Waals surface area contributed by atoms with Gasteiger partial charge in [-0.15, -0.1) is 0 Å². The zero-order valence-electron chi connectivity index (χ0n) is 11.4. The summed E-state index contributed by atoms with van der Waals surface area (Å²) in [6.07, 6.45) is 0. The quantitative estimate of drug-likeness (QED) is 0.737. The molecular weight excluding hydrogens is 212 g/mol. The van der Waals surface area contributed by atoms with E-state index in [0.29, 0.717) is 5.92 Å². The Labute approximate surface area is 105 Å². The summed E-state index contributed by atoms with van der Waals surface area (Å²) in [5.41, 5.74) is 2.35. The first-order valence-corrected chi connectivity index (χ1v) is 6.18. The monoisotopic (exact) mass is 236 g/mol. The van der Waals surface area contributed by atoms with Gasteiger partial charge in [0.25, 0.3) is 0 Å². The third kappa shape index (κ3) is 5.59. The molecule has 0 aliphatic carbocycles. The van der Waals surface area contributed by atoms with E-state index in [1.165, 1.54) is 5.69 Å². The Morgan fingerprint density at radius 1 is 1.29 bits per heavy atom. The van der Waals surface area contributed by atoms with E-state index in [1.807, 2.05) is 14.1 Å². The number of rotatable bonds is 7. The summed E-state index contributed by atoms with van der Waals surface area (Å²) in [5.74, 6) is 0.604. The predicted octanol–water partition coefficient (Wildman–Crippen LogP) is 2.84. The van der Waals surface area contributed by atoms with E-state index in [1.54, 1.807) is 0 Å². The van der Waals surface area contributed by atoms with Crippen LogP contribution in [-0.2, 0) is 4.74 Å². The average Bonchev–Trinajstić information content (AvgIpc) is 2.28. The first-order valence-electron chi connectivity index (χ1n) is 6.18. The molecule has 1 N–H and O–H groups in total. The van der Waals surface area contributed by atoms with Crippen molar-refractivity contribution in [3.05, 3.63) is 24.3 Å². The van der Waals surface area contributed by atoms with E-state index >= 15 is 0 Å². The molecule has 0 unspecified atom stereocenters. The van der Waals surface area contributed by atoms with Crippen molar-refractivity contribution >= 4 is 11.4 Å². The van der Waals surface area contributed by atoms with Gasteiger partial charge < -0.3 is 15.0 Å². The Morgan fingerprint density at radius 3 is 2.71 bits per heavy atom.